The Bertz CT molecular complexity index is 528. The summed E-state index contributed by atoms with van der Waals surface area (Å²) in [5.74, 6) is -0.338. The molecule has 0 bridgehead atoms. The number of amides is 2. The second-order valence-electron chi connectivity index (χ2n) is 5.96. The van der Waals surface area contributed by atoms with Gasteiger partial charge in [0.05, 0.1) is 12.5 Å². The van der Waals surface area contributed by atoms with Gasteiger partial charge in [-0.15, -0.1) is 0 Å². The molecule has 1 unspecified atom stereocenters. The lowest BCUT2D eigenvalue weighted by Gasteiger charge is -2.17. The third-order valence-corrected chi connectivity index (χ3v) is 4.17. The van der Waals surface area contributed by atoms with E-state index in [4.69, 9.17) is 4.74 Å². The van der Waals surface area contributed by atoms with Crippen LogP contribution in [-0.2, 0) is 20.7 Å². The average Bonchev–Trinajstić information content (AvgIpc) is 2.95. The van der Waals surface area contributed by atoms with Crippen LogP contribution >= 0.6 is 0 Å². The number of nitrogens with one attached hydrogen (secondary N) is 1. The average molecular weight is 318 g/mol. The van der Waals surface area contributed by atoms with Crippen molar-refractivity contribution in [2.24, 2.45) is 5.92 Å². The number of benzene rings is 1. The van der Waals surface area contributed by atoms with Crippen LogP contribution < -0.4 is 10.2 Å². The fourth-order valence-corrected chi connectivity index (χ4v) is 2.78. The summed E-state index contributed by atoms with van der Waals surface area (Å²) in [5, 5.41) is 2.81. The Hall–Kier alpha value is -1.88. The number of methoxy groups -OCH3 is 1. The number of nitrogens with zero attached hydrogens (tertiary/aromatic N) is 1. The summed E-state index contributed by atoms with van der Waals surface area (Å²) in [4.78, 5) is 26.0. The summed E-state index contributed by atoms with van der Waals surface area (Å²) in [6.07, 6.45) is 3.68. The smallest absolute Gasteiger partial charge is 0.227 e. The first-order valence-electron chi connectivity index (χ1n) is 8.31. The molecule has 1 fully saturated rings. The van der Waals surface area contributed by atoms with E-state index >= 15 is 0 Å². The maximum Gasteiger partial charge on any atom is 0.227 e. The molecule has 2 amide bonds. The van der Waals surface area contributed by atoms with Crippen LogP contribution in [0.4, 0.5) is 5.69 Å². The highest BCUT2D eigenvalue weighted by Gasteiger charge is 2.34. The quantitative estimate of drug-likeness (QED) is 0.747. The number of rotatable bonds is 8. The lowest BCUT2D eigenvalue weighted by Crippen LogP contribution is -2.34. The standard InChI is InChI=1S/C18H26N2O3/c1-3-4-5-14-6-8-16(9-7-14)20-13-15(12-17(20)21)18(22)19-10-11-23-2/h6-9,15H,3-5,10-13H2,1-2H3,(H,19,22). The van der Waals surface area contributed by atoms with Crippen molar-refractivity contribution in [3.05, 3.63) is 29.8 Å². The third kappa shape index (κ3) is 4.79. The third-order valence-electron chi connectivity index (χ3n) is 4.17. The topological polar surface area (TPSA) is 58.6 Å². The molecule has 0 aromatic heterocycles. The molecule has 5 heteroatoms. The van der Waals surface area contributed by atoms with E-state index in [9.17, 15) is 9.59 Å². The number of hydrogen-bond donors (Lipinski definition) is 1. The van der Waals surface area contributed by atoms with Crippen molar-refractivity contribution in [3.8, 4) is 0 Å². The summed E-state index contributed by atoms with van der Waals surface area (Å²) >= 11 is 0. The number of anilines is 1. The van der Waals surface area contributed by atoms with Crippen LogP contribution in [0.3, 0.4) is 0 Å². The van der Waals surface area contributed by atoms with E-state index in [-0.39, 0.29) is 24.2 Å². The highest BCUT2D eigenvalue weighted by Crippen LogP contribution is 2.25. The SMILES string of the molecule is CCCCc1ccc(N2CC(C(=O)NCCOC)CC2=O)cc1. The van der Waals surface area contributed by atoms with Gasteiger partial charge in [-0.3, -0.25) is 9.59 Å². The van der Waals surface area contributed by atoms with Gasteiger partial charge in [-0.2, -0.15) is 0 Å². The molecule has 0 saturated carbocycles. The molecule has 1 aromatic carbocycles. The zero-order chi connectivity index (χ0) is 16.7. The first-order chi connectivity index (χ1) is 11.2. The molecule has 2 rings (SSSR count). The van der Waals surface area contributed by atoms with Gasteiger partial charge in [-0.05, 0) is 30.5 Å². The number of unbranched alkanes of at least 4 members (excludes halogenated alkanes) is 1. The summed E-state index contributed by atoms with van der Waals surface area (Å²) in [7, 11) is 1.59. The predicted molar refractivity (Wildman–Crippen MR) is 90.4 cm³/mol. The molecule has 0 aliphatic carbocycles. The highest BCUT2D eigenvalue weighted by atomic mass is 16.5. The molecule has 0 radical (unpaired) electrons. The van der Waals surface area contributed by atoms with Crippen molar-refractivity contribution >= 4 is 17.5 Å². The number of carbonyl (C=O) groups excluding carboxylic acids is 2. The number of hydrogen-bond acceptors (Lipinski definition) is 3. The Balaban J connectivity index is 1.93. The van der Waals surface area contributed by atoms with Gasteiger partial charge in [-0.1, -0.05) is 25.5 Å². The molecule has 1 aromatic rings. The summed E-state index contributed by atoms with van der Waals surface area (Å²) in [6.45, 7) is 3.59. The number of ether oxygens (including phenoxy) is 1. The van der Waals surface area contributed by atoms with Crippen molar-refractivity contribution in [3.63, 3.8) is 0 Å². The Morgan fingerprint density at radius 1 is 1.35 bits per heavy atom. The molecule has 5 nitrogen and oxygen atoms in total. The van der Waals surface area contributed by atoms with Crippen LogP contribution in [0.25, 0.3) is 0 Å². The lowest BCUT2D eigenvalue weighted by atomic mass is 10.1. The van der Waals surface area contributed by atoms with Crippen molar-refractivity contribution in [1.82, 2.24) is 5.32 Å². The molecule has 1 aliphatic heterocycles. The van der Waals surface area contributed by atoms with E-state index in [0.29, 0.717) is 19.7 Å². The van der Waals surface area contributed by atoms with E-state index in [1.807, 2.05) is 12.1 Å². The molecule has 0 spiro atoms. The molecule has 1 N–H and O–H groups in total. The summed E-state index contributed by atoms with van der Waals surface area (Å²) in [5.41, 5.74) is 2.17. The van der Waals surface area contributed by atoms with Crippen molar-refractivity contribution in [1.29, 1.82) is 0 Å². The summed E-state index contributed by atoms with van der Waals surface area (Å²) in [6, 6.07) is 8.11. The van der Waals surface area contributed by atoms with Gasteiger partial charge in [0, 0.05) is 32.3 Å². The molecule has 126 valence electrons. The Kier molecular flexibility index (Phi) is 6.59. The fraction of sp³-hybridized carbons (Fsp3) is 0.556. The number of carbonyl (C=O) groups is 2. The molecule has 1 atom stereocenters. The monoisotopic (exact) mass is 318 g/mol. The van der Waals surface area contributed by atoms with Gasteiger partial charge in [-0.25, -0.2) is 0 Å². The zero-order valence-electron chi connectivity index (χ0n) is 14.0. The maximum atomic E-state index is 12.2. The first kappa shape index (κ1) is 17.5. The van der Waals surface area contributed by atoms with Crippen molar-refractivity contribution in [2.75, 3.05) is 31.7 Å². The Morgan fingerprint density at radius 2 is 2.09 bits per heavy atom. The minimum Gasteiger partial charge on any atom is -0.383 e. The molecule has 23 heavy (non-hydrogen) atoms. The molecule has 1 heterocycles. The van der Waals surface area contributed by atoms with Crippen molar-refractivity contribution in [2.45, 2.75) is 32.6 Å². The van der Waals surface area contributed by atoms with E-state index in [1.54, 1.807) is 12.0 Å². The van der Waals surface area contributed by atoms with E-state index < -0.39 is 0 Å². The minimum atomic E-state index is -0.279. The van der Waals surface area contributed by atoms with Crippen LogP contribution in [0.1, 0.15) is 31.7 Å². The lowest BCUT2D eigenvalue weighted by molar-refractivity contribution is -0.126. The summed E-state index contributed by atoms with van der Waals surface area (Å²) < 4.78 is 4.91. The number of aryl methyl sites for hydroxylation is 1. The van der Waals surface area contributed by atoms with Gasteiger partial charge < -0.3 is 15.0 Å². The molecule has 1 aliphatic rings. The van der Waals surface area contributed by atoms with Crippen molar-refractivity contribution < 1.29 is 14.3 Å². The van der Waals surface area contributed by atoms with Crippen LogP contribution in [-0.4, -0.2) is 38.6 Å². The molecule has 1 saturated heterocycles. The Labute approximate surface area is 138 Å². The predicted octanol–water partition coefficient (Wildman–Crippen LogP) is 2.14. The highest BCUT2D eigenvalue weighted by molar-refractivity contribution is 6.00. The Morgan fingerprint density at radius 3 is 2.74 bits per heavy atom. The van der Waals surface area contributed by atoms with Crippen LogP contribution in [0.15, 0.2) is 24.3 Å². The van der Waals surface area contributed by atoms with E-state index in [0.717, 1.165) is 12.1 Å². The zero-order valence-corrected chi connectivity index (χ0v) is 14.0. The van der Waals surface area contributed by atoms with Crippen LogP contribution in [0.2, 0.25) is 0 Å². The van der Waals surface area contributed by atoms with Gasteiger partial charge in [0.15, 0.2) is 0 Å². The van der Waals surface area contributed by atoms with Gasteiger partial charge >= 0.3 is 0 Å². The van der Waals surface area contributed by atoms with Gasteiger partial charge in [0.25, 0.3) is 0 Å². The van der Waals surface area contributed by atoms with Crippen LogP contribution in [0.5, 0.6) is 0 Å². The molecular formula is C18H26N2O3. The van der Waals surface area contributed by atoms with Gasteiger partial charge in [0.2, 0.25) is 11.8 Å². The van der Waals surface area contributed by atoms with Crippen LogP contribution in [0, 0.1) is 5.92 Å². The normalized spacial score (nSPS) is 17.6. The minimum absolute atomic E-state index is 0.0122. The fourth-order valence-electron chi connectivity index (χ4n) is 2.78. The van der Waals surface area contributed by atoms with E-state index in [2.05, 4.69) is 24.4 Å². The van der Waals surface area contributed by atoms with E-state index in [1.165, 1.54) is 18.4 Å². The second-order valence-corrected chi connectivity index (χ2v) is 5.96. The second kappa shape index (κ2) is 8.67. The van der Waals surface area contributed by atoms with Gasteiger partial charge in [0.1, 0.15) is 0 Å². The first-order valence-corrected chi connectivity index (χ1v) is 8.31. The maximum absolute atomic E-state index is 12.2. The largest absolute Gasteiger partial charge is 0.383 e. The molecular weight excluding hydrogens is 292 g/mol.